The fourth-order valence-electron chi connectivity index (χ4n) is 2.95. The van der Waals surface area contributed by atoms with E-state index < -0.39 is 10.0 Å². The van der Waals surface area contributed by atoms with E-state index in [9.17, 15) is 8.42 Å². The summed E-state index contributed by atoms with van der Waals surface area (Å²) in [7, 11) is -1.89. The number of sulfonamides is 1. The largest absolute Gasteiger partial charge is 0.497 e. The Labute approximate surface area is 143 Å². The van der Waals surface area contributed by atoms with Gasteiger partial charge in [-0.3, -0.25) is 4.90 Å². The number of hydrogen-bond donors (Lipinski definition) is 1. The Morgan fingerprint density at radius 1 is 1.08 bits per heavy atom. The average molecular weight is 349 g/mol. The molecule has 0 radical (unpaired) electrons. The number of ether oxygens (including phenoxy) is 1. The van der Waals surface area contributed by atoms with Crippen molar-refractivity contribution in [3.05, 3.63) is 48.3 Å². The zero-order chi connectivity index (χ0) is 17.0. The van der Waals surface area contributed by atoms with Crippen LogP contribution in [0.5, 0.6) is 5.75 Å². The minimum Gasteiger partial charge on any atom is -0.497 e. The van der Waals surface area contributed by atoms with Gasteiger partial charge in [0.2, 0.25) is 10.0 Å². The van der Waals surface area contributed by atoms with E-state index in [4.69, 9.17) is 4.74 Å². The van der Waals surface area contributed by atoms with Crippen LogP contribution in [0.15, 0.2) is 47.5 Å². The number of hydrogen-bond acceptors (Lipinski definition) is 4. The van der Waals surface area contributed by atoms with Gasteiger partial charge in [-0.2, -0.15) is 4.31 Å². The van der Waals surface area contributed by atoms with E-state index in [0.717, 1.165) is 31.7 Å². The summed E-state index contributed by atoms with van der Waals surface area (Å²) in [4.78, 5) is 5.81. The Kier molecular flexibility index (Phi) is 5.23. The third kappa shape index (κ3) is 3.80. The van der Waals surface area contributed by atoms with Crippen molar-refractivity contribution in [3.8, 4) is 5.75 Å². The summed E-state index contributed by atoms with van der Waals surface area (Å²) in [5, 5.41) is 0. The topological polar surface area (TPSA) is 65.6 Å². The van der Waals surface area contributed by atoms with Gasteiger partial charge in [-0.1, -0.05) is 0 Å². The maximum Gasteiger partial charge on any atom is 0.243 e. The Balaban J connectivity index is 1.67. The van der Waals surface area contributed by atoms with Crippen LogP contribution in [0.2, 0.25) is 0 Å². The van der Waals surface area contributed by atoms with E-state index in [1.54, 1.807) is 35.7 Å². The van der Waals surface area contributed by atoms with Crippen molar-refractivity contribution in [2.24, 2.45) is 0 Å². The molecule has 1 aliphatic heterocycles. The summed E-state index contributed by atoms with van der Waals surface area (Å²) >= 11 is 0. The number of H-pyrrole nitrogens is 1. The van der Waals surface area contributed by atoms with Gasteiger partial charge >= 0.3 is 0 Å². The number of rotatable bonds is 5. The quantitative estimate of drug-likeness (QED) is 0.896. The van der Waals surface area contributed by atoms with Crippen LogP contribution in [0.1, 0.15) is 12.1 Å². The zero-order valence-electron chi connectivity index (χ0n) is 13.8. The third-order valence-electron chi connectivity index (χ3n) is 4.30. The van der Waals surface area contributed by atoms with Crippen molar-refractivity contribution in [2.45, 2.75) is 17.9 Å². The molecule has 7 heteroatoms. The summed E-state index contributed by atoms with van der Waals surface area (Å²) in [5.41, 5.74) is 1.15. The van der Waals surface area contributed by atoms with Gasteiger partial charge in [-0.05, 0) is 49.4 Å². The highest BCUT2D eigenvalue weighted by molar-refractivity contribution is 7.89. The fourth-order valence-corrected chi connectivity index (χ4v) is 4.42. The molecule has 1 fully saturated rings. The van der Waals surface area contributed by atoms with Crippen molar-refractivity contribution in [1.29, 1.82) is 0 Å². The standard InChI is InChI=1S/C17H23N3O3S/c1-23-16-5-7-17(8-6-16)24(21,22)20-11-3-10-19(12-13-20)14-15-4-2-9-18-15/h2,4-9,18H,3,10-14H2,1H3. The molecule has 1 N–H and O–H groups in total. The number of benzene rings is 1. The van der Waals surface area contributed by atoms with Crippen molar-refractivity contribution >= 4 is 10.0 Å². The molecule has 0 spiro atoms. The van der Waals surface area contributed by atoms with Gasteiger partial charge in [0.25, 0.3) is 0 Å². The SMILES string of the molecule is COc1ccc(S(=O)(=O)N2CCCN(Cc3ccc[nH]3)CC2)cc1. The predicted octanol–water partition coefficient (Wildman–Crippen LogP) is 1.92. The molecule has 0 aliphatic carbocycles. The summed E-state index contributed by atoms with van der Waals surface area (Å²) < 4.78 is 32.3. The van der Waals surface area contributed by atoms with Crippen LogP contribution in [-0.2, 0) is 16.6 Å². The Hall–Kier alpha value is -1.83. The minimum absolute atomic E-state index is 0.320. The molecule has 24 heavy (non-hydrogen) atoms. The first kappa shape index (κ1) is 17.0. The first-order chi connectivity index (χ1) is 11.6. The highest BCUT2D eigenvalue weighted by Gasteiger charge is 2.26. The highest BCUT2D eigenvalue weighted by atomic mass is 32.2. The Bertz CT molecular complexity index is 742. The van der Waals surface area contributed by atoms with E-state index in [1.165, 1.54) is 0 Å². The maximum atomic E-state index is 12.8. The van der Waals surface area contributed by atoms with Crippen LogP contribution in [0.3, 0.4) is 0 Å². The molecule has 2 aromatic rings. The summed E-state index contributed by atoms with van der Waals surface area (Å²) in [6.45, 7) is 3.51. The smallest absolute Gasteiger partial charge is 0.243 e. The van der Waals surface area contributed by atoms with Crippen LogP contribution in [0, 0.1) is 0 Å². The minimum atomic E-state index is -3.45. The molecule has 0 unspecified atom stereocenters. The number of methoxy groups -OCH3 is 1. The molecule has 1 aromatic carbocycles. The normalized spacial score (nSPS) is 17.5. The van der Waals surface area contributed by atoms with Gasteiger partial charge < -0.3 is 9.72 Å². The average Bonchev–Trinajstić information content (AvgIpc) is 2.98. The molecule has 1 saturated heterocycles. The Morgan fingerprint density at radius 3 is 2.54 bits per heavy atom. The molecule has 2 heterocycles. The van der Waals surface area contributed by atoms with Gasteiger partial charge in [-0.15, -0.1) is 0 Å². The Morgan fingerprint density at radius 2 is 1.88 bits per heavy atom. The summed E-state index contributed by atoms with van der Waals surface area (Å²) in [5.74, 6) is 0.655. The lowest BCUT2D eigenvalue weighted by atomic mass is 10.3. The van der Waals surface area contributed by atoms with Gasteiger partial charge in [0.1, 0.15) is 5.75 Å². The molecule has 1 aromatic heterocycles. The van der Waals surface area contributed by atoms with Crippen LogP contribution < -0.4 is 4.74 Å². The van der Waals surface area contributed by atoms with Crippen LogP contribution >= 0.6 is 0 Å². The molecule has 130 valence electrons. The van der Waals surface area contributed by atoms with Crippen molar-refractivity contribution < 1.29 is 13.2 Å². The summed E-state index contributed by atoms with van der Waals surface area (Å²) in [6.07, 6.45) is 2.74. The van der Waals surface area contributed by atoms with Crippen molar-refractivity contribution in [1.82, 2.24) is 14.2 Å². The zero-order valence-corrected chi connectivity index (χ0v) is 14.6. The number of nitrogens with one attached hydrogen (secondary N) is 1. The molecule has 0 bridgehead atoms. The third-order valence-corrected chi connectivity index (χ3v) is 6.21. The van der Waals surface area contributed by atoms with Crippen LogP contribution in [-0.4, -0.2) is 55.9 Å². The van der Waals surface area contributed by atoms with Crippen molar-refractivity contribution in [2.75, 3.05) is 33.3 Å². The van der Waals surface area contributed by atoms with Gasteiger partial charge in [-0.25, -0.2) is 8.42 Å². The monoisotopic (exact) mass is 349 g/mol. The second-order valence-corrected chi connectivity index (χ2v) is 7.84. The molecule has 0 amide bonds. The lowest BCUT2D eigenvalue weighted by Gasteiger charge is -2.21. The fraction of sp³-hybridized carbons (Fsp3) is 0.412. The van der Waals surface area contributed by atoms with Crippen LogP contribution in [0.25, 0.3) is 0 Å². The van der Waals surface area contributed by atoms with Crippen molar-refractivity contribution in [3.63, 3.8) is 0 Å². The first-order valence-corrected chi connectivity index (χ1v) is 9.52. The molecular formula is C17H23N3O3S. The van der Waals surface area contributed by atoms with E-state index >= 15 is 0 Å². The molecule has 1 aliphatic rings. The van der Waals surface area contributed by atoms with E-state index in [-0.39, 0.29) is 0 Å². The lowest BCUT2D eigenvalue weighted by Crippen LogP contribution is -2.35. The van der Waals surface area contributed by atoms with Gasteiger partial charge in [0.15, 0.2) is 0 Å². The molecule has 6 nitrogen and oxygen atoms in total. The summed E-state index contributed by atoms with van der Waals surface area (Å²) in [6, 6.07) is 10.6. The van der Waals surface area contributed by atoms with Gasteiger partial charge in [0.05, 0.1) is 12.0 Å². The highest BCUT2D eigenvalue weighted by Crippen LogP contribution is 2.21. The second-order valence-electron chi connectivity index (χ2n) is 5.90. The first-order valence-electron chi connectivity index (χ1n) is 8.08. The second kappa shape index (κ2) is 7.38. The lowest BCUT2D eigenvalue weighted by molar-refractivity contribution is 0.276. The van der Waals surface area contributed by atoms with Crippen LogP contribution in [0.4, 0.5) is 0 Å². The van der Waals surface area contributed by atoms with E-state index in [2.05, 4.69) is 16.0 Å². The molecule has 3 rings (SSSR count). The molecule has 0 atom stereocenters. The number of nitrogens with zero attached hydrogens (tertiary/aromatic N) is 2. The number of aromatic nitrogens is 1. The van der Waals surface area contributed by atoms with E-state index in [0.29, 0.717) is 23.7 Å². The molecular weight excluding hydrogens is 326 g/mol. The number of aromatic amines is 1. The maximum absolute atomic E-state index is 12.8. The van der Waals surface area contributed by atoms with Gasteiger partial charge in [0, 0.05) is 38.1 Å². The molecule has 0 saturated carbocycles. The van der Waals surface area contributed by atoms with E-state index in [1.807, 2.05) is 12.3 Å². The predicted molar refractivity (Wildman–Crippen MR) is 92.4 cm³/mol.